The third-order valence-electron chi connectivity index (χ3n) is 3.01. The lowest BCUT2D eigenvalue weighted by Crippen LogP contribution is -2.40. The zero-order valence-corrected chi connectivity index (χ0v) is 10.7. The van der Waals surface area contributed by atoms with Crippen molar-refractivity contribution in [3.63, 3.8) is 0 Å². The average molecular weight is 282 g/mol. The number of nitrogens with zero attached hydrogens (tertiary/aromatic N) is 1. The van der Waals surface area contributed by atoms with Crippen LogP contribution >= 0.6 is 0 Å². The molecule has 0 bridgehead atoms. The molecule has 8 heteroatoms. The van der Waals surface area contributed by atoms with Crippen LogP contribution in [0.1, 0.15) is 13.8 Å². The fourth-order valence-electron chi connectivity index (χ4n) is 1.95. The number of carbonyl (C=O) groups is 2. The van der Waals surface area contributed by atoms with Crippen LogP contribution in [0.15, 0.2) is 0 Å². The quantitative estimate of drug-likeness (QED) is 0.825. The highest BCUT2D eigenvalue weighted by molar-refractivity contribution is 5.77. The number of likely N-dealkylation sites (tertiary alicyclic amines) is 1. The summed E-state index contributed by atoms with van der Waals surface area (Å²) in [5.41, 5.74) is 0. The topological polar surface area (TPSA) is 69.6 Å². The molecule has 2 amide bonds. The first-order valence-corrected chi connectivity index (χ1v) is 5.95. The zero-order valence-electron chi connectivity index (χ0n) is 10.7. The monoisotopic (exact) mass is 282 g/mol. The van der Waals surface area contributed by atoms with Crippen molar-refractivity contribution in [2.24, 2.45) is 17.8 Å². The van der Waals surface area contributed by atoms with E-state index in [1.165, 1.54) is 0 Å². The molecular weight excluding hydrogens is 265 g/mol. The summed E-state index contributed by atoms with van der Waals surface area (Å²) in [5, 5.41) is 11.3. The Morgan fingerprint density at radius 2 is 1.95 bits per heavy atom. The Bertz CT molecular complexity index is 358. The predicted octanol–water partition coefficient (Wildman–Crippen LogP) is 1.55. The number of carboxylic acid groups (broad SMARTS) is 1. The highest BCUT2D eigenvalue weighted by Crippen LogP contribution is 2.37. The Morgan fingerprint density at radius 3 is 2.32 bits per heavy atom. The van der Waals surface area contributed by atoms with Gasteiger partial charge in [-0.2, -0.15) is 13.2 Å². The van der Waals surface area contributed by atoms with Gasteiger partial charge in [0.1, 0.15) is 0 Å². The molecule has 0 aromatic carbocycles. The minimum absolute atomic E-state index is 0.167. The van der Waals surface area contributed by atoms with Crippen molar-refractivity contribution in [1.29, 1.82) is 0 Å². The number of amides is 2. The van der Waals surface area contributed by atoms with E-state index in [0.29, 0.717) is 6.54 Å². The van der Waals surface area contributed by atoms with E-state index in [1.54, 1.807) is 0 Å². The molecule has 1 fully saturated rings. The molecule has 0 unspecified atom stereocenters. The van der Waals surface area contributed by atoms with Gasteiger partial charge in [0.25, 0.3) is 0 Å². The summed E-state index contributed by atoms with van der Waals surface area (Å²) in [6.07, 6.45) is -4.61. The molecule has 1 aliphatic rings. The van der Waals surface area contributed by atoms with Crippen LogP contribution in [0, 0.1) is 17.8 Å². The van der Waals surface area contributed by atoms with Gasteiger partial charge in [-0.1, -0.05) is 13.8 Å². The van der Waals surface area contributed by atoms with E-state index in [9.17, 15) is 22.8 Å². The van der Waals surface area contributed by atoms with E-state index in [2.05, 4.69) is 5.32 Å². The van der Waals surface area contributed by atoms with Crippen molar-refractivity contribution in [1.82, 2.24) is 10.2 Å². The van der Waals surface area contributed by atoms with Crippen LogP contribution in [0.3, 0.4) is 0 Å². The number of alkyl halides is 3. The Hall–Kier alpha value is -1.47. The highest BCUT2D eigenvalue weighted by Gasteiger charge is 2.53. The van der Waals surface area contributed by atoms with Gasteiger partial charge in [0.15, 0.2) is 0 Å². The van der Waals surface area contributed by atoms with Crippen molar-refractivity contribution in [3.05, 3.63) is 0 Å². The second-order valence-electron chi connectivity index (χ2n) is 5.08. The van der Waals surface area contributed by atoms with Crippen LogP contribution in [0.25, 0.3) is 0 Å². The van der Waals surface area contributed by atoms with Crippen molar-refractivity contribution < 1.29 is 27.9 Å². The largest absolute Gasteiger partial charge is 0.481 e. The second-order valence-corrected chi connectivity index (χ2v) is 5.08. The molecule has 0 saturated carbocycles. The van der Waals surface area contributed by atoms with Gasteiger partial charge >= 0.3 is 18.2 Å². The fraction of sp³-hybridized carbons (Fsp3) is 0.818. The minimum Gasteiger partial charge on any atom is -0.481 e. The Balaban J connectivity index is 2.70. The SMILES string of the molecule is CC(C)CNC(=O)N1C[C@@H](C(F)(F)F)[C@H](C(=O)O)C1. The lowest BCUT2D eigenvalue weighted by Gasteiger charge is -2.19. The maximum absolute atomic E-state index is 12.7. The van der Waals surface area contributed by atoms with E-state index in [0.717, 1.165) is 4.90 Å². The van der Waals surface area contributed by atoms with Gasteiger partial charge in [0.05, 0.1) is 11.8 Å². The smallest absolute Gasteiger partial charge is 0.394 e. The number of carboxylic acids is 1. The van der Waals surface area contributed by atoms with Crippen molar-refractivity contribution in [2.45, 2.75) is 20.0 Å². The van der Waals surface area contributed by atoms with Crippen LogP contribution < -0.4 is 5.32 Å². The normalized spacial score (nSPS) is 23.8. The molecule has 0 spiro atoms. The minimum atomic E-state index is -4.61. The molecule has 0 aromatic heterocycles. The number of hydrogen-bond acceptors (Lipinski definition) is 2. The molecule has 2 N–H and O–H groups in total. The van der Waals surface area contributed by atoms with Gasteiger partial charge in [0, 0.05) is 19.6 Å². The van der Waals surface area contributed by atoms with Crippen LogP contribution in [0.4, 0.5) is 18.0 Å². The molecule has 19 heavy (non-hydrogen) atoms. The van der Waals surface area contributed by atoms with Crippen LogP contribution in [-0.2, 0) is 4.79 Å². The van der Waals surface area contributed by atoms with Gasteiger partial charge in [-0.05, 0) is 5.92 Å². The maximum Gasteiger partial charge on any atom is 0.394 e. The maximum atomic E-state index is 12.7. The second kappa shape index (κ2) is 5.66. The van der Waals surface area contributed by atoms with Crippen molar-refractivity contribution in [3.8, 4) is 0 Å². The van der Waals surface area contributed by atoms with Gasteiger partial charge in [0.2, 0.25) is 0 Å². The highest BCUT2D eigenvalue weighted by atomic mass is 19.4. The van der Waals surface area contributed by atoms with Gasteiger partial charge in [-0.15, -0.1) is 0 Å². The number of rotatable bonds is 3. The molecule has 0 aliphatic carbocycles. The summed E-state index contributed by atoms with van der Waals surface area (Å²) in [6, 6.07) is -0.647. The first-order valence-electron chi connectivity index (χ1n) is 5.95. The van der Waals surface area contributed by atoms with Crippen molar-refractivity contribution >= 4 is 12.0 Å². The van der Waals surface area contributed by atoms with E-state index < -0.39 is 43.1 Å². The van der Waals surface area contributed by atoms with Gasteiger partial charge in [-0.3, -0.25) is 4.79 Å². The Kier molecular flexibility index (Phi) is 4.65. The summed E-state index contributed by atoms with van der Waals surface area (Å²) in [5.74, 6) is -4.96. The van der Waals surface area contributed by atoms with Gasteiger partial charge in [-0.25, -0.2) is 4.79 Å². The predicted molar refractivity (Wildman–Crippen MR) is 60.5 cm³/mol. The molecule has 1 saturated heterocycles. The molecule has 1 aliphatic heterocycles. The standard InChI is InChI=1S/C11H17F3N2O3/c1-6(2)3-15-10(19)16-4-7(9(17)18)8(5-16)11(12,13)14/h6-8H,3-5H2,1-2H3,(H,15,19)(H,17,18)/t7-,8-/m1/s1. The Morgan fingerprint density at radius 1 is 1.37 bits per heavy atom. The molecule has 1 heterocycles. The van der Waals surface area contributed by atoms with Crippen molar-refractivity contribution in [2.75, 3.05) is 19.6 Å². The lowest BCUT2D eigenvalue weighted by molar-refractivity contribution is -0.187. The molecule has 2 atom stereocenters. The van der Waals surface area contributed by atoms with Crippen LogP contribution in [0.5, 0.6) is 0 Å². The molecule has 5 nitrogen and oxygen atoms in total. The number of aliphatic carboxylic acids is 1. The molecule has 110 valence electrons. The Labute approximate surface area is 108 Å². The summed E-state index contributed by atoms with van der Waals surface area (Å²) >= 11 is 0. The first-order chi connectivity index (χ1) is 8.62. The van der Waals surface area contributed by atoms with Crippen LogP contribution in [-0.4, -0.2) is 47.8 Å². The summed E-state index contributed by atoms with van der Waals surface area (Å²) < 4.78 is 38.1. The number of halogens is 3. The molecular formula is C11H17F3N2O3. The number of urea groups is 1. The van der Waals surface area contributed by atoms with E-state index in [4.69, 9.17) is 5.11 Å². The average Bonchev–Trinajstić information content (AvgIpc) is 2.70. The molecule has 1 rings (SSSR count). The lowest BCUT2D eigenvalue weighted by atomic mass is 9.96. The third kappa shape index (κ3) is 4.00. The van der Waals surface area contributed by atoms with Crippen LogP contribution in [0.2, 0.25) is 0 Å². The number of nitrogens with one attached hydrogen (secondary N) is 1. The third-order valence-corrected chi connectivity index (χ3v) is 3.01. The molecule has 0 radical (unpaired) electrons. The summed E-state index contributed by atoms with van der Waals surface area (Å²) in [4.78, 5) is 23.4. The molecule has 0 aromatic rings. The summed E-state index contributed by atoms with van der Waals surface area (Å²) in [7, 11) is 0. The first kappa shape index (κ1) is 15.6. The van der Waals surface area contributed by atoms with E-state index in [-0.39, 0.29) is 5.92 Å². The fourth-order valence-corrected chi connectivity index (χ4v) is 1.95. The van der Waals surface area contributed by atoms with E-state index in [1.807, 2.05) is 13.8 Å². The number of hydrogen-bond donors (Lipinski definition) is 2. The summed E-state index contributed by atoms with van der Waals surface area (Å²) in [6.45, 7) is 3.02. The number of carbonyl (C=O) groups excluding carboxylic acids is 1. The zero-order chi connectivity index (χ0) is 14.8. The van der Waals surface area contributed by atoms with Gasteiger partial charge < -0.3 is 15.3 Å². The van der Waals surface area contributed by atoms with E-state index >= 15 is 0 Å².